The monoisotopic (exact) mass is 483 g/mol. The minimum atomic E-state index is -2.46. The fourth-order valence-electron chi connectivity index (χ4n) is 2.89. The molecule has 0 bridgehead atoms. The molecule has 32 heavy (non-hydrogen) atoms. The van der Waals surface area contributed by atoms with Crippen LogP contribution in [0.4, 0.5) is 20.3 Å². The molecule has 0 saturated carbocycles. The van der Waals surface area contributed by atoms with E-state index in [1.54, 1.807) is 0 Å². The van der Waals surface area contributed by atoms with Crippen molar-refractivity contribution >= 4 is 40.6 Å². The average Bonchev–Trinajstić information content (AvgIpc) is 2.73. The molecule has 2 aromatic heterocycles. The summed E-state index contributed by atoms with van der Waals surface area (Å²) in [6.07, 6.45) is 1.09. The van der Waals surface area contributed by atoms with Gasteiger partial charge in [-0.25, -0.2) is 13.8 Å². The fraction of sp³-hybridized carbons (Fsp3) is 0.200. The highest BCUT2D eigenvalue weighted by Crippen LogP contribution is 2.32. The van der Waals surface area contributed by atoms with Crippen molar-refractivity contribution in [1.82, 2.24) is 14.5 Å². The molecule has 168 valence electrons. The lowest BCUT2D eigenvalue weighted by Gasteiger charge is -2.14. The number of nitrogens with zero attached hydrogens (tertiary/aromatic N) is 3. The number of anilines is 2. The number of halogens is 4. The van der Waals surface area contributed by atoms with Gasteiger partial charge in [-0.3, -0.25) is 19.1 Å². The molecule has 0 spiro atoms. The zero-order valence-corrected chi connectivity index (χ0v) is 18.1. The third-order valence-corrected chi connectivity index (χ3v) is 4.98. The van der Waals surface area contributed by atoms with Gasteiger partial charge >= 0.3 is 0 Å². The molecule has 0 atom stereocenters. The lowest BCUT2D eigenvalue weighted by Crippen LogP contribution is -2.31. The summed E-state index contributed by atoms with van der Waals surface area (Å²) in [5.74, 6) is -0.799. The van der Waals surface area contributed by atoms with Crippen molar-refractivity contribution < 1.29 is 18.3 Å². The van der Waals surface area contributed by atoms with E-state index in [1.807, 2.05) is 0 Å². The first-order valence-corrected chi connectivity index (χ1v) is 9.90. The largest absolute Gasteiger partial charge is 0.497 e. The predicted molar refractivity (Wildman–Crippen MR) is 117 cm³/mol. The SMILES string of the molecule is COc1cc(Cl)c(-n2cnc(N)c(C(=O)Nc3cncc(CCC(F)F)c3)c2=O)c(Cl)c1. The van der Waals surface area contributed by atoms with Gasteiger partial charge in [0, 0.05) is 24.8 Å². The molecule has 0 radical (unpaired) electrons. The lowest BCUT2D eigenvalue weighted by molar-refractivity contribution is 0.102. The molecule has 3 rings (SSSR count). The molecule has 0 aliphatic heterocycles. The Balaban J connectivity index is 1.96. The van der Waals surface area contributed by atoms with Gasteiger partial charge in [0.2, 0.25) is 6.43 Å². The zero-order chi connectivity index (χ0) is 23.4. The van der Waals surface area contributed by atoms with Crippen molar-refractivity contribution in [1.29, 1.82) is 0 Å². The van der Waals surface area contributed by atoms with E-state index in [2.05, 4.69) is 15.3 Å². The number of ether oxygens (including phenoxy) is 1. The molecule has 0 unspecified atom stereocenters. The molecule has 3 aromatic rings. The smallest absolute Gasteiger partial charge is 0.273 e. The van der Waals surface area contributed by atoms with Gasteiger partial charge in [-0.2, -0.15) is 0 Å². The number of carbonyl (C=O) groups is 1. The van der Waals surface area contributed by atoms with Gasteiger partial charge in [0.25, 0.3) is 11.5 Å². The number of alkyl halides is 2. The number of nitrogen functional groups attached to an aromatic ring is 1. The van der Waals surface area contributed by atoms with E-state index in [1.165, 1.54) is 37.7 Å². The summed E-state index contributed by atoms with van der Waals surface area (Å²) in [4.78, 5) is 33.7. The van der Waals surface area contributed by atoms with Crippen LogP contribution >= 0.6 is 23.2 Å². The number of aromatic nitrogens is 3. The van der Waals surface area contributed by atoms with Crippen LogP contribution in [0, 0.1) is 0 Å². The average molecular weight is 484 g/mol. The summed E-state index contributed by atoms with van der Waals surface area (Å²) < 4.78 is 31.0. The van der Waals surface area contributed by atoms with Crippen LogP contribution in [0.1, 0.15) is 22.3 Å². The maximum atomic E-state index is 13.1. The summed E-state index contributed by atoms with van der Waals surface area (Å²) in [5.41, 5.74) is 5.32. The number of nitrogens with two attached hydrogens (primary N) is 1. The predicted octanol–water partition coefficient (Wildman–Crippen LogP) is 3.98. The van der Waals surface area contributed by atoms with Gasteiger partial charge in [-0.1, -0.05) is 23.2 Å². The van der Waals surface area contributed by atoms with Gasteiger partial charge in [0.05, 0.1) is 34.7 Å². The quantitative estimate of drug-likeness (QED) is 0.525. The first kappa shape index (κ1) is 23.4. The molecular formula is C20H17Cl2F2N5O3. The van der Waals surface area contributed by atoms with E-state index in [0.29, 0.717) is 11.3 Å². The van der Waals surface area contributed by atoms with E-state index in [4.69, 9.17) is 33.7 Å². The molecule has 0 aliphatic rings. The maximum Gasteiger partial charge on any atom is 0.273 e. The van der Waals surface area contributed by atoms with Crippen molar-refractivity contribution in [3.63, 3.8) is 0 Å². The second-order valence-corrected chi connectivity index (χ2v) is 7.40. The summed E-state index contributed by atoms with van der Waals surface area (Å²) in [5, 5.41) is 2.66. The number of pyridine rings is 1. The van der Waals surface area contributed by atoms with E-state index < -0.39 is 23.5 Å². The van der Waals surface area contributed by atoms with Gasteiger partial charge < -0.3 is 15.8 Å². The zero-order valence-electron chi connectivity index (χ0n) is 16.6. The van der Waals surface area contributed by atoms with Crippen LogP contribution in [-0.4, -0.2) is 34.0 Å². The minimum Gasteiger partial charge on any atom is -0.497 e. The third kappa shape index (κ3) is 5.14. The fourth-order valence-corrected chi connectivity index (χ4v) is 3.54. The number of carbonyl (C=O) groups excluding carboxylic acids is 1. The molecule has 0 fully saturated rings. The van der Waals surface area contributed by atoms with Crippen LogP contribution in [0.15, 0.2) is 41.7 Å². The Bertz CT molecular complexity index is 1200. The number of benzene rings is 1. The van der Waals surface area contributed by atoms with Crippen molar-refractivity contribution in [3.8, 4) is 11.4 Å². The van der Waals surface area contributed by atoms with Crippen molar-refractivity contribution in [2.45, 2.75) is 19.3 Å². The number of methoxy groups -OCH3 is 1. The number of rotatable bonds is 7. The third-order valence-electron chi connectivity index (χ3n) is 4.40. The Labute approximate surface area is 191 Å². The van der Waals surface area contributed by atoms with Crippen molar-refractivity contribution in [3.05, 3.63) is 68.4 Å². The molecule has 1 aromatic carbocycles. The molecule has 8 nitrogen and oxygen atoms in total. The summed E-state index contributed by atoms with van der Waals surface area (Å²) in [7, 11) is 1.43. The second kappa shape index (κ2) is 9.92. The number of nitrogens with one attached hydrogen (secondary N) is 1. The highest BCUT2D eigenvalue weighted by molar-refractivity contribution is 6.38. The van der Waals surface area contributed by atoms with Crippen molar-refractivity contribution in [2.75, 3.05) is 18.2 Å². The van der Waals surface area contributed by atoms with Gasteiger partial charge in [0.1, 0.15) is 23.5 Å². The topological polar surface area (TPSA) is 112 Å². The van der Waals surface area contributed by atoms with Crippen molar-refractivity contribution in [2.24, 2.45) is 0 Å². The van der Waals surface area contributed by atoms with Crippen LogP contribution in [0.2, 0.25) is 10.0 Å². The van der Waals surface area contributed by atoms with E-state index in [-0.39, 0.29) is 40.1 Å². The molecular weight excluding hydrogens is 467 g/mol. The molecule has 12 heteroatoms. The van der Waals surface area contributed by atoms with E-state index >= 15 is 0 Å². The Hall–Kier alpha value is -3.24. The molecule has 0 saturated heterocycles. The lowest BCUT2D eigenvalue weighted by atomic mass is 10.1. The van der Waals surface area contributed by atoms with Gasteiger partial charge in [-0.05, 0) is 18.1 Å². The van der Waals surface area contributed by atoms with Gasteiger partial charge in [0.15, 0.2) is 0 Å². The molecule has 1 amide bonds. The maximum absolute atomic E-state index is 13.1. The summed E-state index contributed by atoms with van der Waals surface area (Å²) in [6.45, 7) is 0. The summed E-state index contributed by atoms with van der Waals surface area (Å²) >= 11 is 12.5. The standard InChI is InChI=1S/C20H17Cl2F2N5O3/c1-32-12-5-13(21)17(14(22)6-12)29-9-27-18(25)16(20(29)31)19(30)28-11-4-10(7-26-8-11)2-3-15(23)24/h4-9,15H,2-3,25H2,1H3,(H,28,30). The highest BCUT2D eigenvalue weighted by atomic mass is 35.5. The number of hydrogen-bond acceptors (Lipinski definition) is 6. The van der Waals surface area contributed by atoms with E-state index in [9.17, 15) is 18.4 Å². The van der Waals surface area contributed by atoms with Crippen LogP contribution in [0.3, 0.4) is 0 Å². The minimum absolute atomic E-state index is 0.0741. The molecule has 0 aliphatic carbocycles. The highest BCUT2D eigenvalue weighted by Gasteiger charge is 2.21. The van der Waals surface area contributed by atoms with Gasteiger partial charge in [-0.15, -0.1) is 0 Å². The van der Waals surface area contributed by atoms with Crippen LogP contribution in [-0.2, 0) is 6.42 Å². The first-order chi connectivity index (χ1) is 15.2. The Morgan fingerprint density at radius 1 is 1.25 bits per heavy atom. The molecule has 2 heterocycles. The Morgan fingerprint density at radius 2 is 1.94 bits per heavy atom. The van der Waals surface area contributed by atoms with Crippen LogP contribution < -0.4 is 21.3 Å². The Morgan fingerprint density at radius 3 is 2.56 bits per heavy atom. The normalized spacial score (nSPS) is 10.9. The Kier molecular flexibility index (Phi) is 7.26. The summed E-state index contributed by atoms with van der Waals surface area (Å²) in [6, 6.07) is 4.37. The van der Waals surface area contributed by atoms with Crippen LogP contribution in [0.5, 0.6) is 5.75 Å². The second-order valence-electron chi connectivity index (χ2n) is 6.59. The molecule has 3 N–H and O–H groups in total. The van der Waals surface area contributed by atoms with E-state index in [0.717, 1.165) is 10.9 Å². The number of hydrogen-bond donors (Lipinski definition) is 2. The van der Waals surface area contributed by atoms with Crippen LogP contribution in [0.25, 0.3) is 5.69 Å². The first-order valence-electron chi connectivity index (χ1n) is 9.15. The number of amides is 1. The number of aryl methyl sites for hydroxylation is 1.